The molecule has 0 fully saturated rings. The van der Waals surface area contributed by atoms with Crippen molar-refractivity contribution in [2.45, 2.75) is 0 Å². The number of ether oxygens (including phenoxy) is 1. The van der Waals surface area contributed by atoms with Gasteiger partial charge in [0.25, 0.3) is 5.91 Å². The van der Waals surface area contributed by atoms with E-state index in [-0.39, 0.29) is 5.69 Å². The van der Waals surface area contributed by atoms with Gasteiger partial charge in [0.1, 0.15) is 29.4 Å². The van der Waals surface area contributed by atoms with Gasteiger partial charge in [-0.3, -0.25) is 4.79 Å². The van der Waals surface area contributed by atoms with E-state index in [0.29, 0.717) is 28.0 Å². The van der Waals surface area contributed by atoms with Gasteiger partial charge in [-0.1, -0.05) is 17.7 Å². The SMILES string of the molecule is COc1ccc(Cl)cc1Nc1cc(C(=O)Nc2cccc(F)c2)ncn1. The van der Waals surface area contributed by atoms with Crippen LogP contribution >= 0.6 is 11.6 Å². The van der Waals surface area contributed by atoms with Crippen LogP contribution in [0.5, 0.6) is 5.75 Å². The second kappa shape index (κ2) is 7.79. The van der Waals surface area contributed by atoms with E-state index in [1.807, 2.05) is 0 Å². The van der Waals surface area contributed by atoms with Crippen LogP contribution < -0.4 is 15.4 Å². The maximum Gasteiger partial charge on any atom is 0.274 e. The molecule has 3 rings (SSSR count). The highest BCUT2D eigenvalue weighted by atomic mass is 35.5. The van der Waals surface area contributed by atoms with Gasteiger partial charge in [0.2, 0.25) is 0 Å². The van der Waals surface area contributed by atoms with Crippen LogP contribution in [-0.2, 0) is 0 Å². The second-order valence-corrected chi connectivity index (χ2v) is 5.66. The maximum atomic E-state index is 13.2. The summed E-state index contributed by atoms with van der Waals surface area (Å²) in [6.07, 6.45) is 1.25. The number of anilines is 3. The average Bonchev–Trinajstić information content (AvgIpc) is 2.62. The molecule has 1 heterocycles. The highest BCUT2D eigenvalue weighted by molar-refractivity contribution is 6.31. The lowest BCUT2D eigenvalue weighted by atomic mass is 10.2. The zero-order valence-electron chi connectivity index (χ0n) is 13.7. The Balaban J connectivity index is 1.80. The smallest absolute Gasteiger partial charge is 0.274 e. The molecule has 3 aromatic rings. The molecule has 8 heteroatoms. The fraction of sp³-hybridized carbons (Fsp3) is 0.0556. The van der Waals surface area contributed by atoms with Crippen LogP contribution in [0.15, 0.2) is 54.9 Å². The van der Waals surface area contributed by atoms with E-state index in [1.54, 1.807) is 24.3 Å². The summed E-state index contributed by atoms with van der Waals surface area (Å²) in [5, 5.41) is 6.13. The van der Waals surface area contributed by atoms with Crippen LogP contribution in [0.4, 0.5) is 21.6 Å². The first kappa shape index (κ1) is 17.6. The minimum atomic E-state index is -0.487. The first-order valence-corrected chi connectivity index (χ1v) is 7.92. The van der Waals surface area contributed by atoms with E-state index < -0.39 is 11.7 Å². The van der Waals surface area contributed by atoms with E-state index in [0.717, 1.165) is 0 Å². The third-order valence-corrected chi connectivity index (χ3v) is 3.64. The average molecular weight is 373 g/mol. The predicted molar refractivity (Wildman–Crippen MR) is 97.7 cm³/mol. The molecule has 0 atom stereocenters. The Bertz CT molecular complexity index is 952. The molecule has 132 valence electrons. The summed E-state index contributed by atoms with van der Waals surface area (Å²) in [6.45, 7) is 0. The number of aromatic nitrogens is 2. The number of hydrogen-bond acceptors (Lipinski definition) is 5. The normalized spacial score (nSPS) is 10.3. The van der Waals surface area contributed by atoms with Crippen molar-refractivity contribution < 1.29 is 13.9 Å². The van der Waals surface area contributed by atoms with Gasteiger partial charge in [0, 0.05) is 16.8 Å². The summed E-state index contributed by atoms with van der Waals surface area (Å²) in [5.41, 5.74) is 1.04. The molecule has 0 unspecified atom stereocenters. The lowest BCUT2D eigenvalue weighted by Crippen LogP contribution is -2.14. The molecular formula is C18H14ClFN4O2. The van der Waals surface area contributed by atoms with E-state index in [1.165, 1.54) is 37.7 Å². The van der Waals surface area contributed by atoms with Crippen LogP contribution in [0.3, 0.4) is 0 Å². The fourth-order valence-corrected chi connectivity index (χ4v) is 2.40. The molecule has 0 bridgehead atoms. The lowest BCUT2D eigenvalue weighted by Gasteiger charge is -2.11. The Morgan fingerprint density at radius 3 is 2.77 bits per heavy atom. The summed E-state index contributed by atoms with van der Waals surface area (Å²) < 4.78 is 18.5. The number of nitrogens with zero attached hydrogens (tertiary/aromatic N) is 2. The lowest BCUT2D eigenvalue weighted by molar-refractivity contribution is 0.102. The van der Waals surface area contributed by atoms with Gasteiger partial charge in [0.05, 0.1) is 12.8 Å². The molecule has 0 saturated carbocycles. The Morgan fingerprint density at radius 2 is 2.00 bits per heavy atom. The van der Waals surface area contributed by atoms with Crippen molar-refractivity contribution in [2.24, 2.45) is 0 Å². The number of halogens is 2. The molecule has 2 N–H and O–H groups in total. The van der Waals surface area contributed by atoms with Gasteiger partial charge < -0.3 is 15.4 Å². The van der Waals surface area contributed by atoms with Crippen LogP contribution in [0, 0.1) is 5.82 Å². The van der Waals surface area contributed by atoms with Crippen molar-refractivity contribution >= 4 is 34.7 Å². The van der Waals surface area contributed by atoms with Crippen molar-refractivity contribution in [3.05, 3.63) is 71.4 Å². The Labute approximate surface area is 154 Å². The van der Waals surface area contributed by atoms with Gasteiger partial charge in [-0.05, 0) is 36.4 Å². The van der Waals surface area contributed by atoms with E-state index in [4.69, 9.17) is 16.3 Å². The number of benzene rings is 2. The number of rotatable bonds is 5. The second-order valence-electron chi connectivity index (χ2n) is 5.22. The summed E-state index contributed by atoms with van der Waals surface area (Å²) in [7, 11) is 1.53. The van der Waals surface area contributed by atoms with Crippen LogP contribution in [0.2, 0.25) is 5.02 Å². The molecule has 6 nitrogen and oxygen atoms in total. The molecule has 0 saturated heterocycles. The van der Waals surface area contributed by atoms with Crippen molar-refractivity contribution in [2.75, 3.05) is 17.7 Å². The first-order chi connectivity index (χ1) is 12.5. The zero-order valence-corrected chi connectivity index (χ0v) is 14.4. The summed E-state index contributed by atoms with van der Waals surface area (Å²) >= 11 is 6.00. The first-order valence-electron chi connectivity index (χ1n) is 7.54. The Hall–Kier alpha value is -3.19. The quantitative estimate of drug-likeness (QED) is 0.699. The predicted octanol–water partition coefficient (Wildman–Crippen LogP) is 4.27. The minimum absolute atomic E-state index is 0.118. The molecule has 0 aliphatic heterocycles. The standard InChI is InChI=1S/C18H14ClFN4O2/c1-26-16-6-5-11(19)7-14(16)24-17-9-15(21-10-22-17)18(25)23-13-4-2-3-12(20)8-13/h2-10H,1H3,(H,23,25)(H,21,22,24). The Kier molecular flexibility index (Phi) is 5.28. The molecule has 0 spiro atoms. The molecule has 1 amide bonds. The van der Waals surface area contributed by atoms with Crippen LogP contribution in [0.25, 0.3) is 0 Å². The topological polar surface area (TPSA) is 76.1 Å². The Morgan fingerprint density at radius 1 is 1.15 bits per heavy atom. The van der Waals surface area contributed by atoms with Gasteiger partial charge in [-0.25, -0.2) is 14.4 Å². The number of carbonyl (C=O) groups is 1. The summed E-state index contributed by atoms with van der Waals surface area (Å²) in [6, 6.07) is 12.1. The van der Waals surface area contributed by atoms with E-state index in [2.05, 4.69) is 20.6 Å². The van der Waals surface area contributed by atoms with Crippen molar-refractivity contribution in [1.29, 1.82) is 0 Å². The largest absolute Gasteiger partial charge is 0.495 e. The number of methoxy groups -OCH3 is 1. The number of carbonyl (C=O) groups excluding carboxylic acids is 1. The third kappa shape index (κ3) is 4.25. The minimum Gasteiger partial charge on any atom is -0.495 e. The molecular weight excluding hydrogens is 359 g/mol. The monoisotopic (exact) mass is 372 g/mol. The van der Waals surface area contributed by atoms with E-state index in [9.17, 15) is 9.18 Å². The number of nitrogens with one attached hydrogen (secondary N) is 2. The maximum absolute atomic E-state index is 13.2. The summed E-state index contributed by atoms with van der Waals surface area (Å²) in [4.78, 5) is 20.3. The molecule has 0 aliphatic carbocycles. The fourth-order valence-electron chi connectivity index (χ4n) is 2.23. The van der Waals surface area contributed by atoms with Crippen molar-refractivity contribution in [3.63, 3.8) is 0 Å². The highest BCUT2D eigenvalue weighted by Gasteiger charge is 2.11. The van der Waals surface area contributed by atoms with Gasteiger partial charge in [-0.15, -0.1) is 0 Å². The van der Waals surface area contributed by atoms with Gasteiger partial charge >= 0.3 is 0 Å². The molecule has 0 aliphatic rings. The molecule has 1 aromatic heterocycles. The third-order valence-electron chi connectivity index (χ3n) is 3.41. The molecule has 2 aromatic carbocycles. The van der Waals surface area contributed by atoms with E-state index >= 15 is 0 Å². The van der Waals surface area contributed by atoms with Crippen molar-refractivity contribution in [1.82, 2.24) is 9.97 Å². The molecule has 26 heavy (non-hydrogen) atoms. The highest BCUT2D eigenvalue weighted by Crippen LogP contribution is 2.29. The van der Waals surface area contributed by atoms with Gasteiger partial charge in [-0.2, -0.15) is 0 Å². The molecule has 0 radical (unpaired) electrons. The zero-order chi connectivity index (χ0) is 18.5. The van der Waals surface area contributed by atoms with Gasteiger partial charge in [0.15, 0.2) is 0 Å². The number of hydrogen-bond donors (Lipinski definition) is 2. The summed E-state index contributed by atoms with van der Waals surface area (Å²) in [5.74, 6) is 0.0173. The van der Waals surface area contributed by atoms with Crippen LogP contribution in [-0.4, -0.2) is 23.0 Å². The van der Waals surface area contributed by atoms with Crippen LogP contribution in [0.1, 0.15) is 10.5 Å². The van der Waals surface area contributed by atoms with Crippen molar-refractivity contribution in [3.8, 4) is 5.75 Å². The number of amides is 1.